The van der Waals surface area contributed by atoms with E-state index in [1.807, 2.05) is 13.0 Å². The molecule has 0 spiro atoms. The lowest BCUT2D eigenvalue weighted by Gasteiger charge is -2.19. The van der Waals surface area contributed by atoms with Crippen molar-refractivity contribution in [2.24, 2.45) is 0 Å². The molecule has 0 aromatic carbocycles. The van der Waals surface area contributed by atoms with Crippen molar-refractivity contribution in [3.8, 4) is 0 Å². The SMILES string of the molecule is C/C=C/CC/C=C/CC/C=C/C(O)C(CO)NC(=O)CCCCCCCCC/C=C\CCCCCCCCCCC. The van der Waals surface area contributed by atoms with Gasteiger partial charge < -0.3 is 15.5 Å². The number of nitrogens with one attached hydrogen (secondary N) is 1. The van der Waals surface area contributed by atoms with Crippen molar-refractivity contribution in [3.63, 3.8) is 0 Å². The van der Waals surface area contributed by atoms with Gasteiger partial charge in [-0.25, -0.2) is 0 Å². The minimum Gasteiger partial charge on any atom is -0.394 e. The summed E-state index contributed by atoms with van der Waals surface area (Å²) in [7, 11) is 0. The Hall–Kier alpha value is -1.65. The van der Waals surface area contributed by atoms with Gasteiger partial charge in [0.1, 0.15) is 0 Å². The molecule has 0 radical (unpaired) electrons. The summed E-state index contributed by atoms with van der Waals surface area (Å²) in [6, 6.07) is -0.644. The lowest BCUT2D eigenvalue weighted by atomic mass is 10.1. The molecule has 2 unspecified atom stereocenters. The van der Waals surface area contributed by atoms with Crippen LogP contribution in [0, 0.1) is 0 Å². The number of unbranched alkanes of at least 4 members (excludes halogenated alkanes) is 18. The molecule has 238 valence electrons. The van der Waals surface area contributed by atoms with Crippen molar-refractivity contribution in [1.29, 1.82) is 0 Å². The predicted octanol–water partition coefficient (Wildman–Crippen LogP) is 10.1. The summed E-state index contributed by atoms with van der Waals surface area (Å²) < 4.78 is 0. The van der Waals surface area contributed by atoms with Crippen LogP contribution in [-0.2, 0) is 4.79 Å². The normalized spacial score (nSPS) is 13.8. The van der Waals surface area contributed by atoms with Gasteiger partial charge in [-0.1, -0.05) is 139 Å². The maximum Gasteiger partial charge on any atom is 0.220 e. The van der Waals surface area contributed by atoms with Gasteiger partial charge in [-0.3, -0.25) is 4.79 Å². The van der Waals surface area contributed by atoms with Crippen LogP contribution in [0.3, 0.4) is 0 Å². The molecule has 4 nitrogen and oxygen atoms in total. The molecule has 0 bridgehead atoms. The van der Waals surface area contributed by atoms with E-state index in [1.54, 1.807) is 6.08 Å². The van der Waals surface area contributed by atoms with E-state index in [-0.39, 0.29) is 12.5 Å². The van der Waals surface area contributed by atoms with Gasteiger partial charge in [0, 0.05) is 6.42 Å². The number of allylic oxidation sites excluding steroid dienone is 7. The van der Waals surface area contributed by atoms with Crippen molar-refractivity contribution in [2.75, 3.05) is 6.61 Å². The summed E-state index contributed by atoms with van der Waals surface area (Å²) in [5, 5.41) is 22.7. The summed E-state index contributed by atoms with van der Waals surface area (Å²) in [4.78, 5) is 12.3. The highest BCUT2D eigenvalue weighted by atomic mass is 16.3. The van der Waals surface area contributed by atoms with Crippen LogP contribution in [0.15, 0.2) is 48.6 Å². The third-order valence-corrected chi connectivity index (χ3v) is 7.61. The van der Waals surface area contributed by atoms with E-state index in [0.717, 1.165) is 38.5 Å². The molecule has 41 heavy (non-hydrogen) atoms. The van der Waals surface area contributed by atoms with Gasteiger partial charge in [0.2, 0.25) is 5.91 Å². The van der Waals surface area contributed by atoms with Crippen molar-refractivity contribution >= 4 is 5.91 Å². The standard InChI is InChI=1S/C37H67NO3/c1-3-5-7-9-11-13-14-15-16-17-18-19-20-21-22-23-25-27-29-31-33-37(41)38-35(34-39)36(40)32-30-28-26-24-12-10-8-6-4-2/h4,6,12,18-19,24,30,32,35-36,39-40H,3,5,7-11,13-17,20-23,25-29,31,33-34H2,1-2H3,(H,38,41)/b6-4+,19-18-,24-12+,32-30+. The van der Waals surface area contributed by atoms with Crippen LogP contribution in [0.1, 0.15) is 162 Å². The molecule has 0 aliphatic carbocycles. The highest BCUT2D eigenvalue weighted by molar-refractivity contribution is 5.76. The Morgan fingerprint density at radius 3 is 1.56 bits per heavy atom. The lowest BCUT2D eigenvalue weighted by Crippen LogP contribution is -2.45. The van der Waals surface area contributed by atoms with E-state index < -0.39 is 12.1 Å². The predicted molar refractivity (Wildman–Crippen MR) is 179 cm³/mol. The van der Waals surface area contributed by atoms with E-state index in [0.29, 0.717) is 6.42 Å². The van der Waals surface area contributed by atoms with Gasteiger partial charge in [-0.05, 0) is 64.7 Å². The van der Waals surface area contributed by atoms with Crippen LogP contribution in [0.5, 0.6) is 0 Å². The lowest BCUT2D eigenvalue weighted by molar-refractivity contribution is -0.123. The van der Waals surface area contributed by atoms with Crippen LogP contribution < -0.4 is 5.32 Å². The molecule has 4 heteroatoms. The average Bonchev–Trinajstić information content (AvgIpc) is 2.97. The van der Waals surface area contributed by atoms with Gasteiger partial charge in [-0.2, -0.15) is 0 Å². The maximum atomic E-state index is 12.3. The molecule has 0 heterocycles. The molecular weight excluding hydrogens is 506 g/mol. The number of carbonyl (C=O) groups is 1. The van der Waals surface area contributed by atoms with Crippen molar-refractivity contribution < 1.29 is 15.0 Å². The van der Waals surface area contributed by atoms with E-state index in [2.05, 4.69) is 48.7 Å². The number of carbonyl (C=O) groups excluding carboxylic acids is 1. The number of amides is 1. The van der Waals surface area contributed by atoms with Crippen molar-refractivity contribution in [2.45, 2.75) is 174 Å². The van der Waals surface area contributed by atoms with Gasteiger partial charge in [-0.15, -0.1) is 0 Å². The van der Waals surface area contributed by atoms with Crippen LogP contribution in [0.25, 0.3) is 0 Å². The molecule has 2 atom stereocenters. The third-order valence-electron chi connectivity index (χ3n) is 7.61. The minimum absolute atomic E-state index is 0.0882. The fraction of sp³-hybridized carbons (Fsp3) is 0.757. The number of aliphatic hydroxyl groups excluding tert-OH is 2. The highest BCUT2D eigenvalue weighted by Gasteiger charge is 2.17. The van der Waals surface area contributed by atoms with E-state index in [9.17, 15) is 15.0 Å². The molecular formula is C37H67NO3. The van der Waals surface area contributed by atoms with Crippen molar-refractivity contribution in [3.05, 3.63) is 48.6 Å². The largest absolute Gasteiger partial charge is 0.394 e. The molecule has 0 fully saturated rings. The van der Waals surface area contributed by atoms with Crippen LogP contribution >= 0.6 is 0 Å². The van der Waals surface area contributed by atoms with E-state index >= 15 is 0 Å². The summed E-state index contributed by atoms with van der Waals surface area (Å²) in [5.41, 5.74) is 0. The second-order valence-electron chi connectivity index (χ2n) is 11.6. The Morgan fingerprint density at radius 1 is 0.610 bits per heavy atom. The topological polar surface area (TPSA) is 69.6 Å². The Labute approximate surface area is 254 Å². The Morgan fingerprint density at radius 2 is 1.05 bits per heavy atom. The zero-order valence-electron chi connectivity index (χ0n) is 27.0. The number of aliphatic hydroxyl groups is 2. The van der Waals surface area contributed by atoms with Crippen LogP contribution in [-0.4, -0.2) is 34.9 Å². The molecule has 3 N–H and O–H groups in total. The van der Waals surface area contributed by atoms with Crippen LogP contribution in [0.2, 0.25) is 0 Å². The quantitative estimate of drug-likeness (QED) is 0.0591. The Bertz CT molecular complexity index is 667. The monoisotopic (exact) mass is 574 g/mol. The Kier molecular flexibility index (Phi) is 31.5. The fourth-order valence-electron chi connectivity index (χ4n) is 4.92. The first-order chi connectivity index (χ1) is 20.2. The number of hydrogen-bond donors (Lipinski definition) is 3. The number of hydrogen-bond acceptors (Lipinski definition) is 3. The smallest absolute Gasteiger partial charge is 0.220 e. The molecule has 0 aliphatic rings. The first kappa shape index (κ1) is 39.4. The van der Waals surface area contributed by atoms with Gasteiger partial charge in [0.25, 0.3) is 0 Å². The molecule has 1 amide bonds. The third kappa shape index (κ3) is 29.6. The second-order valence-corrected chi connectivity index (χ2v) is 11.6. The summed E-state index contributed by atoms with van der Waals surface area (Å²) in [6.45, 7) is 4.04. The van der Waals surface area contributed by atoms with Crippen molar-refractivity contribution in [1.82, 2.24) is 5.32 Å². The van der Waals surface area contributed by atoms with Gasteiger partial charge in [0.05, 0.1) is 18.8 Å². The average molecular weight is 574 g/mol. The molecule has 0 aromatic rings. The first-order valence-corrected chi connectivity index (χ1v) is 17.3. The Balaban J connectivity index is 3.61. The molecule has 0 rings (SSSR count). The van der Waals surface area contributed by atoms with E-state index in [1.165, 1.54) is 103 Å². The zero-order valence-corrected chi connectivity index (χ0v) is 27.0. The van der Waals surface area contributed by atoms with Crippen LogP contribution in [0.4, 0.5) is 0 Å². The fourth-order valence-corrected chi connectivity index (χ4v) is 4.92. The zero-order chi connectivity index (χ0) is 30.1. The summed E-state index contributed by atoms with van der Waals surface area (Å²) in [6.07, 6.45) is 43.6. The number of rotatable bonds is 30. The van der Waals surface area contributed by atoms with Gasteiger partial charge in [0.15, 0.2) is 0 Å². The minimum atomic E-state index is -0.868. The molecule has 0 aliphatic heterocycles. The van der Waals surface area contributed by atoms with E-state index in [4.69, 9.17) is 0 Å². The summed E-state index contributed by atoms with van der Waals surface area (Å²) >= 11 is 0. The van der Waals surface area contributed by atoms with Gasteiger partial charge >= 0.3 is 0 Å². The first-order valence-electron chi connectivity index (χ1n) is 17.3. The molecule has 0 saturated carbocycles. The maximum absolute atomic E-state index is 12.3. The summed E-state index contributed by atoms with van der Waals surface area (Å²) in [5.74, 6) is -0.0882. The molecule has 0 saturated heterocycles. The molecule has 0 aromatic heterocycles. The highest BCUT2D eigenvalue weighted by Crippen LogP contribution is 2.12. The second kappa shape index (κ2) is 32.9.